The number of anilines is 3. The van der Waals surface area contributed by atoms with E-state index in [4.69, 9.17) is 53.3 Å². The number of para-hydroxylation sites is 3. The molecule has 0 aliphatic carbocycles. The molecule has 0 unspecified atom stereocenters. The van der Waals surface area contributed by atoms with Gasteiger partial charge in [-0.1, -0.05) is 60.7 Å². The van der Waals surface area contributed by atoms with Gasteiger partial charge in [-0.05, 0) is 120 Å². The van der Waals surface area contributed by atoms with Crippen LogP contribution in [0.15, 0.2) is 232 Å². The summed E-state index contributed by atoms with van der Waals surface area (Å²) in [5, 5.41) is 56.0. The molecular formula is C71H60BCl2N25O4. The number of aromatic hydroxyl groups is 2. The third-order valence-corrected chi connectivity index (χ3v) is 17.3. The largest absolute Gasteiger partial charge is 0.508 e. The van der Waals surface area contributed by atoms with Crippen LogP contribution in [0.25, 0.3) is 95.0 Å². The number of piperazine rings is 2. The molecule has 2 fully saturated rings. The second kappa shape index (κ2) is 29.9. The Labute approximate surface area is 595 Å². The Hall–Kier alpha value is -12.9. The van der Waals surface area contributed by atoms with Gasteiger partial charge in [0.15, 0.2) is 45.4 Å². The van der Waals surface area contributed by atoms with Gasteiger partial charge in [-0.3, -0.25) is 24.1 Å². The monoisotopic (exact) mass is 1410 g/mol. The first-order valence-electron chi connectivity index (χ1n) is 32.5. The zero-order chi connectivity index (χ0) is 70.2. The van der Waals surface area contributed by atoms with Gasteiger partial charge in [-0.2, -0.15) is 45.2 Å². The summed E-state index contributed by atoms with van der Waals surface area (Å²) in [6.45, 7) is 7.32. The molecule has 2 aliphatic rings. The summed E-state index contributed by atoms with van der Waals surface area (Å²) < 4.78 is 9.06. The molecule has 29 nitrogen and oxygen atoms in total. The number of nitrogens with zero attached hydrogens (tertiary/aromatic N) is 23. The quantitative estimate of drug-likeness (QED) is 0.0581. The molecule has 0 bridgehead atoms. The molecule has 0 atom stereocenters. The number of aromatic nitrogens is 21. The van der Waals surface area contributed by atoms with Crippen LogP contribution in [0, 0.1) is 0 Å². The second-order valence-electron chi connectivity index (χ2n) is 23.3. The molecule has 2 saturated heterocycles. The Kier molecular flexibility index (Phi) is 19.2. The zero-order valence-electron chi connectivity index (χ0n) is 54.5. The van der Waals surface area contributed by atoms with E-state index in [2.05, 4.69) is 85.2 Å². The van der Waals surface area contributed by atoms with Crippen molar-refractivity contribution in [1.29, 1.82) is 0 Å². The van der Waals surface area contributed by atoms with Gasteiger partial charge in [0.05, 0.1) is 65.2 Å². The highest BCUT2D eigenvalue weighted by atomic mass is 35.5. The van der Waals surface area contributed by atoms with Crippen LogP contribution in [-0.2, 0) is 0 Å². The van der Waals surface area contributed by atoms with Crippen molar-refractivity contribution in [2.45, 2.75) is 0 Å². The summed E-state index contributed by atoms with van der Waals surface area (Å²) in [6, 6.07) is 49.4. The average molecular weight is 1410 g/mol. The smallest absolute Gasteiger partial charge is 0.490 e. The summed E-state index contributed by atoms with van der Waals surface area (Å²) in [4.78, 5) is 62.2. The number of hydrogen-bond acceptors (Lipinski definition) is 23. The Bertz CT molecular complexity index is 5720. The summed E-state index contributed by atoms with van der Waals surface area (Å²) in [6.07, 6.45) is 20.4. The average Bonchev–Trinajstić information content (AvgIpc) is 1.73. The lowest BCUT2D eigenvalue weighted by molar-refractivity contribution is 0.425. The lowest BCUT2D eigenvalue weighted by Crippen LogP contribution is -2.47. The van der Waals surface area contributed by atoms with E-state index in [-0.39, 0.29) is 16.3 Å². The number of fused-ring (bicyclic) bond motifs is 6. The van der Waals surface area contributed by atoms with Gasteiger partial charge >= 0.3 is 7.12 Å². The van der Waals surface area contributed by atoms with Crippen molar-refractivity contribution in [1.82, 2.24) is 109 Å². The van der Waals surface area contributed by atoms with E-state index in [0.717, 1.165) is 102 Å². The highest BCUT2D eigenvalue weighted by Crippen LogP contribution is 2.31. The van der Waals surface area contributed by atoms with Crippen LogP contribution in [0.4, 0.5) is 17.3 Å². The summed E-state index contributed by atoms with van der Waals surface area (Å²) in [7, 11) is -1.40. The van der Waals surface area contributed by atoms with Gasteiger partial charge < -0.3 is 45.3 Å². The molecule has 0 amide bonds. The third-order valence-electron chi connectivity index (χ3n) is 16.9. The van der Waals surface area contributed by atoms with Gasteiger partial charge in [0.2, 0.25) is 16.5 Å². The van der Waals surface area contributed by atoms with Crippen LogP contribution in [0.3, 0.4) is 0 Å². The molecule has 6 N–H and O–H groups in total. The van der Waals surface area contributed by atoms with Gasteiger partial charge in [-0.25, -0.2) is 29.0 Å². The van der Waals surface area contributed by atoms with Crippen LogP contribution in [0.2, 0.25) is 10.6 Å². The van der Waals surface area contributed by atoms with E-state index < -0.39 is 7.12 Å². The van der Waals surface area contributed by atoms with E-state index in [1.54, 1.807) is 108 Å². The Morgan fingerprint density at radius 3 is 1.36 bits per heavy atom. The molecule has 510 valence electrons. The molecular weight excluding hydrogens is 1350 g/mol. The highest BCUT2D eigenvalue weighted by Gasteiger charge is 2.25. The molecule has 12 aromatic heterocycles. The van der Waals surface area contributed by atoms with Crippen molar-refractivity contribution in [2.75, 3.05) is 67.1 Å². The molecule has 14 heterocycles. The van der Waals surface area contributed by atoms with Crippen molar-refractivity contribution >= 4 is 119 Å². The zero-order valence-corrected chi connectivity index (χ0v) is 56.0. The topological polar surface area (TPSA) is 336 Å². The van der Waals surface area contributed by atoms with Gasteiger partial charge in [0, 0.05) is 110 Å². The van der Waals surface area contributed by atoms with Crippen LogP contribution >= 0.6 is 23.2 Å². The molecule has 0 saturated carbocycles. The van der Waals surface area contributed by atoms with Crippen molar-refractivity contribution in [3.05, 3.63) is 243 Å². The number of nitrogens with one attached hydrogen (secondary N) is 2. The minimum atomic E-state index is -1.40. The third kappa shape index (κ3) is 14.4. The molecule has 5 aromatic carbocycles. The molecule has 32 heteroatoms. The summed E-state index contributed by atoms with van der Waals surface area (Å²) in [5.41, 5.74) is 11.1. The first-order valence-corrected chi connectivity index (χ1v) is 33.2. The number of benzene rings is 5. The number of halogens is 2. The number of imidazole rings is 3. The highest BCUT2D eigenvalue weighted by molar-refractivity contribution is 6.58. The van der Waals surface area contributed by atoms with Gasteiger partial charge in [0.25, 0.3) is 0 Å². The summed E-state index contributed by atoms with van der Waals surface area (Å²) >= 11 is 12.1. The Balaban J connectivity index is 0.000000112. The second-order valence-corrected chi connectivity index (χ2v) is 24.0. The van der Waals surface area contributed by atoms with Crippen molar-refractivity contribution in [3.63, 3.8) is 0 Å². The Morgan fingerprint density at radius 2 is 0.864 bits per heavy atom. The molecule has 2 aliphatic heterocycles. The first kappa shape index (κ1) is 66.0. The van der Waals surface area contributed by atoms with E-state index in [1.807, 2.05) is 141 Å². The lowest BCUT2D eigenvalue weighted by Gasteiger charge is -2.36. The predicted molar refractivity (Wildman–Crippen MR) is 394 cm³/mol. The van der Waals surface area contributed by atoms with E-state index in [0.29, 0.717) is 68.1 Å². The van der Waals surface area contributed by atoms with E-state index in [9.17, 15) is 5.11 Å². The molecule has 19 rings (SSSR count). The van der Waals surface area contributed by atoms with Crippen LogP contribution < -0.4 is 25.5 Å². The lowest BCUT2D eigenvalue weighted by atomic mass is 9.82. The van der Waals surface area contributed by atoms with Crippen molar-refractivity contribution < 1.29 is 20.3 Å². The minimum absolute atomic E-state index is 0.132. The normalized spacial score (nSPS) is 12.9. The molecule has 103 heavy (non-hydrogen) atoms. The maximum atomic E-state index is 9.63. The summed E-state index contributed by atoms with van der Waals surface area (Å²) in [5.74, 6) is 3.02. The maximum absolute atomic E-state index is 9.63. The SMILES string of the molecule is Clc1nc(-n2ncc3ccccc32)c2[nH]cnc2n1.Clc1nc(-n2ncc3ccccc32)c2ncn(-c3cccnc3)c2n1.OB(O)c1cccnc1.Oc1ccc(N2CCN(c3nc(-n4ncc5ccccc54)c4ncn(-c5cccnc5)c4n3)CC2)cc1.Oc1ccc(N2CCNCC2)cc1. The molecule has 17 aromatic rings. The number of rotatable bonds is 9. The van der Waals surface area contributed by atoms with E-state index in [1.165, 1.54) is 11.9 Å². The fraction of sp³-hybridized carbons (Fsp3) is 0.113. The van der Waals surface area contributed by atoms with Gasteiger partial charge in [-0.15, -0.1) is 0 Å². The predicted octanol–water partition coefficient (Wildman–Crippen LogP) is 8.69. The van der Waals surface area contributed by atoms with E-state index >= 15 is 0 Å². The standard InChI is InChI=1S/C27H23N9O.C17H10ClN7.C12H7ClN6.C10H14N2O.C5H6BNO2/c37-22-9-7-20(8-10-22)33-12-14-34(15-13-33)27-31-25-24(29-18-35(25)21-5-3-11-28-17-21)26(32-27)36-23-6-2-1-4-19(23)16-30-36;18-17-22-15-14(20-10-24(15)12-5-3-7-19-9-12)16(23-17)25-13-6-2-1-4-11(13)8-21-25;13-12-17-10-9(14-6-15-10)11(18-12)19-8-4-2-1-3-7(8)5-16-19;13-10-3-1-9(2-4-10)12-7-5-11-6-8-12;8-6(9)5-2-1-3-7-4-5/h1-11,16-18,37H,12-15H2;1-10H;1-6H,(H,14,15,17,18);1-4,11,13H,5-8H2;1-4,8-9H. The van der Waals surface area contributed by atoms with Crippen LogP contribution in [0.1, 0.15) is 0 Å². The number of hydrogen-bond donors (Lipinski definition) is 6. The number of phenolic OH excluding ortho intramolecular Hbond substituents is 2. The van der Waals surface area contributed by atoms with Crippen LogP contribution in [0.5, 0.6) is 11.5 Å². The molecule has 0 radical (unpaired) electrons. The number of H-pyrrole nitrogens is 1. The number of phenols is 2. The van der Waals surface area contributed by atoms with Gasteiger partial charge in [0.1, 0.15) is 29.7 Å². The maximum Gasteiger partial charge on any atom is 0.490 e. The first-order chi connectivity index (χ1) is 50.5. The number of aromatic amines is 1. The fourth-order valence-corrected chi connectivity index (χ4v) is 12.2. The van der Waals surface area contributed by atoms with Crippen molar-refractivity contribution in [3.8, 4) is 40.3 Å². The number of pyridine rings is 3. The fourth-order valence-electron chi connectivity index (χ4n) is 11.9. The Morgan fingerprint density at radius 1 is 0.408 bits per heavy atom. The minimum Gasteiger partial charge on any atom is -0.508 e. The molecule has 0 spiro atoms. The van der Waals surface area contributed by atoms with Crippen LogP contribution in [-0.4, -0.2) is 183 Å². The van der Waals surface area contributed by atoms with Crippen molar-refractivity contribution in [2.24, 2.45) is 0 Å².